The van der Waals surface area contributed by atoms with E-state index in [0.717, 1.165) is 4.90 Å². The smallest absolute Gasteiger partial charge is 0.282 e. The number of amides is 2. The molecule has 0 aliphatic carbocycles. The van der Waals surface area contributed by atoms with Crippen molar-refractivity contribution in [3.63, 3.8) is 0 Å². The monoisotopic (exact) mass is 464 g/mol. The lowest BCUT2D eigenvalue weighted by Crippen LogP contribution is -2.32. The number of halogens is 2. The van der Waals surface area contributed by atoms with Crippen LogP contribution in [-0.4, -0.2) is 11.8 Å². The number of nitrogens with zero attached hydrogens (tertiary/aromatic N) is 1. The van der Waals surface area contributed by atoms with E-state index in [1.54, 1.807) is 48.5 Å². The summed E-state index contributed by atoms with van der Waals surface area (Å²) in [6.45, 7) is 6.41. The molecule has 6 heteroatoms. The maximum atomic E-state index is 13.4. The van der Waals surface area contributed by atoms with Crippen LogP contribution in [0.1, 0.15) is 31.9 Å². The summed E-state index contributed by atoms with van der Waals surface area (Å²) in [5.74, 6) is -0.865. The van der Waals surface area contributed by atoms with Gasteiger partial charge in [-0.2, -0.15) is 0 Å². The van der Waals surface area contributed by atoms with E-state index in [2.05, 4.69) is 26.1 Å². The fraction of sp³-hybridized carbons (Fsp3) is 0.154. The molecule has 1 heterocycles. The highest BCUT2D eigenvalue weighted by Gasteiger charge is 2.40. The number of nitrogens with one attached hydrogen (secondary N) is 1. The van der Waals surface area contributed by atoms with Gasteiger partial charge in [0.2, 0.25) is 0 Å². The Kier molecular flexibility index (Phi) is 5.85. The average Bonchev–Trinajstić information content (AvgIpc) is 2.98. The van der Waals surface area contributed by atoms with Crippen molar-refractivity contribution in [3.05, 3.63) is 99.7 Å². The van der Waals surface area contributed by atoms with Gasteiger partial charge in [0.15, 0.2) is 0 Å². The van der Waals surface area contributed by atoms with E-state index in [1.165, 1.54) is 5.56 Å². The third-order valence-corrected chi connectivity index (χ3v) is 5.79. The van der Waals surface area contributed by atoms with Crippen molar-refractivity contribution in [2.24, 2.45) is 0 Å². The van der Waals surface area contributed by atoms with Gasteiger partial charge in [-0.05, 0) is 59.0 Å². The van der Waals surface area contributed by atoms with Crippen LogP contribution in [0.3, 0.4) is 0 Å². The zero-order valence-corrected chi connectivity index (χ0v) is 19.5. The molecule has 0 atom stereocenters. The number of rotatable bonds is 4. The fourth-order valence-corrected chi connectivity index (χ4v) is 3.89. The highest BCUT2D eigenvalue weighted by Crippen LogP contribution is 2.35. The van der Waals surface area contributed by atoms with Crippen LogP contribution >= 0.6 is 23.2 Å². The van der Waals surface area contributed by atoms with Crippen molar-refractivity contribution in [1.82, 2.24) is 0 Å². The third-order valence-electron chi connectivity index (χ3n) is 5.30. The molecule has 162 valence electrons. The zero-order valence-electron chi connectivity index (χ0n) is 17.9. The number of hydrogen-bond acceptors (Lipinski definition) is 3. The maximum Gasteiger partial charge on any atom is 0.282 e. The van der Waals surface area contributed by atoms with Crippen molar-refractivity contribution in [2.75, 3.05) is 10.2 Å². The standard InChI is InChI=1S/C26H22Cl2N2O2/c1-26(2,3)17-9-13-20(14-10-17)29-23-22(16-7-11-18(27)12-8-16)24(31)30(25(23)32)21-6-4-5-19(28)15-21/h4-15,29H,1-3H3. The van der Waals surface area contributed by atoms with Crippen LogP contribution in [0.4, 0.5) is 11.4 Å². The minimum absolute atomic E-state index is 0.00872. The lowest BCUT2D eigenvalue weighted by Gasteiger charge is -2.19. The molecule has 0 aromatic heterocycles. The summed E-state index contributed by atoms with van der Waals surface area (Å²) in [5.41, 5.74) is 3.41. The molecule has 1 N–H and O–H groups in total. The first-order valence-corrected chi connectivity index (χ1v) is 10.9. The predicted molar refractivity (Wildman–Crippen MR) is 131 cm³/mol. The van der Waals surface area contributed by atoms with Gasteiger partial charge < -0.3 is 5.32 Å². The minimum Gasteiger partial charge on any atom is -0.350 e. The molecule has 1 aliphatic rings. The normalized spacial score (nSPS) is 14.3. The molecular formula is C26H22Cl2N2O2. The molecule has 0 unspecified atom stereocenters. The van der Waals surface area contributed by atoms with Crippen molar-refractivity contribution < 1.29 is 9.59 Å². The molecule has 0 saturated heterocycles. The molecule has 4 rings (SSSR count). The summed E-state index contributed by atoms with van der Waals surface area (Å²) in [7, 11) is 0. The maximum absolute atomic E-state index is 13.4. The average molecular weight is 465 g/mol. The number of carbonyl (C=O) groups excluding carboxylic acids is 2. The second-order valence-corrected chi connectivity index (χ2v) is 9.51. The Balaban J connectivity index is 1.78. The molecule has 0 bridgehead atoms. The van der Waals surface area contributed by atoms with Gasteiger partial charge in [-0.15, -0.1) is 0 Å². The van der Waals surface area contributed by atoms with E-state index in [1.807, 2.05) is 24.3 Å². The van der Waals surface area contributed by atoms with Crippen molar-refractivity contribution in [1.29, 1.82) is 0 Å². The van der Waals surface area contributed by atoms with Crippen molar-refractivity contribution >= 4 is 52.0 Å². The van der Waals surface area contributed by atoms with E-state index < -0.39 is 11.8 Å². The molecule has 0 fully saturated rings. The summed E-state index contributed by atoms with van der Waals surface area (Å²) in [4.78, 5) is 28.0. The second kappa shape index (κ2) is 8.45. The number of carbonyl (C=O) groups is 2. The molecule has 2 amide bonds. The van der Waals surface area contributed by atoms with Crippen molar-refractivity contribution in [3.8, 4) is 0 Å². The van der Waals surface area contributed by atoms with Gasteiger partial charge in [-0.25, -0.2) is 4.90 Å². The number of hydrogen-bond donors (Lipinski definition) is 1. The van der Waals surface area contributed by atoms with Gasteiger partial charge in [-0.3, -0.25) is 9.59 Å². The Morgan fingerprint density at radius 2 is 1.44 bits per heavy atom. The van der Waals surface area contributed by atoms with Gasteiger partial charge in [-0.1, -0.05) is 74.3 Å². The van der Waals surface area contributed by atoms with Crippen LogP contribution in [0.15, 0.2) is 78.5 Å². The molecule has 32 heavy (non-hydrogen) atoms. The zero-order chi connectivity index (χ0) is 23.0. The first-order valence-electron chi connectivity index (χ1n) is 10.2. The van der Waals surface area contributed by atoms with E-state index >= 15 is 0 Å². The molecule has 3 aromatic carbocycles. The van der Waals surface area contributed by atoms with Crippen LogP contribution in [-0.2, 0) is 15.0 Å². The molecule has 0 radical (unpaired) electrons. The summed E-state index contributed by atoms with van der Waals surface area (Å²) in [6, 6.07) is 21.4. The molecule has 0 spiro atoms. The van der Waals surface area contributed by atoms with E-state index in [0.29, 0.717) is 27.0 Å². The summed E-state index contributed by atoms with van der Waals surface area (Å²) in [5, 5.41) is 4.17. The molecule has 4 nitrogen and oxygen atoms in total. The van der Waals surface area contributed by atoms with Gasteiger partial charge in [0.25, 0.3) is 11.8 Å². The van der Waals surface area contributed by atoms with Crippen molar-refractivity contribution in [2.45, 2.75) is 26.2 Å². The Morgan fingerprint density at radius 1 is 0.781 bits per heavy atom. The lowest BCUT2D eigenvalue weighted by molar-refractivity contribution is -0.120. The van der Waals surface area contributed by atoms with Crippen LogP contribution in [0.5, 0.6) is 0 Å². The minimum atomic E-state index is -0.442. The molecular weight excluding hydrogens is 443 g/mol. The largest absolute Gasteiger partial charge is 0.350 e. The fourth-order valence-electron chi connectivity index (χ4n) is 3.58. The highest BCUT2D eigenvalue weighted by atomic mass is 35.5. The quantitative estimate of drug-likeness (QED) is 0.437. The van der Waals surface area contributed by atoms with Crippen LogP contribution in [0.2, 0.25) is 10.0 Å². The van der Waals surface area contributed by atoms with Crippen LogP contribution in [0.25, 0.3) is 5.57 Å². The number of imide groups is 1. The molecule has 1 aliphatic heterocycles. The Morgan fingerprint density at radius 3 is 2.03 bits per heavy atom. The van der Waals surface area contributed by atoms with E-state index in [4.69, 9.17) is 23.2 Å². The predicted octanol–water partition coefficient (Wildman–Crippen LogP) is 6.69. The Labute approximate surface area is 197 Å². The first-order chi connectivity index (χ1) is 15.1. The first kappa shape index (κ1) is 22.1. The van der Waals surface area contributed by atoms with E-state index in [-0.39, 0.29) is 16.7 Å². The highest BCUT2D eigenvalue weighted by molar-refractivity contribution is 6.46. The molecule has 3 aromatic rings. The van der Waals surface area contributed by atoms with Crippen LogP contribution in [0, 0.1) is 0 Å². The van der Waals surface area contributed by atoms with Crippen LogP contribution < -0.4 is 10.2 Å². The van der Waals surface area contributed by atoms with Gasteiger partial charge in [0, 0.05) is 15.7 Å². The Hall–Kier alpha value is -3.08. The summed E-state index contributed by atoms with van der Waals surface area (Å²) < 4.78 is 0. The van der Waals surface area contributed by atoms with Gasteiger partial charge in [0.05, 0.1) is 11.3 Å². The van der Waals surface area contributed by atoms with E-state index in [9.17, 15) is 9.59 Å². The summed E-state index contributed by atoms with van der Waals surface area (Å²) >= 11 is 12.1. The lowest BCUT2D eigenvalue weighted by atomic mass is 9.87. The SMILES string of the molecule is CC(C)(C)c1ccc(NC2=C(c3ccc(Cl)cc3)C(=O)N(c3cccc(Cl)c3)C2=O)cc1. The topological polar surface area (TPSA) is 49.4 Å². The number of anilines is 2. The second-order valence-electron chi connectivity index (χ2n) is 8.63. The van der Waals surface area contributed by atoms with Gasteiger partial charge >= 0.3 is 0 Å². The summed E-state index contributed by atoms with van der Waals surface area (Å²) in [6.07, 6.45) is 0. The van der Waals surface area contributed by atoms with Gasteiger partial charge in [0.1, 0.15) is 5.70 Å². The molecule has 0 saturated carbocycles. The Bertz CT molecular complexity index is 1220. The number of benzene rings is 3. The third kappa shape index (κ3) is 4.29.